The SMILES string of the molecule is C=C/C(=C\C)[C@H]1CC=CC2=C1OC1C(C(N)=NC(N)c3ccccc3)=CC=CC21. The molecule has 4 N–H and O–H groups in total. The molecule has 29 heavy (non-hydrogen) atoms. The van der Waals surface area contributed by atoms with Gasteiger partial charge in [0.15, 0.2) is 0 Å². The molecule has 4 nitrogen and oxygen atoms in total. The van der Waals surface area contributed by atoms with E-state index in [0.29, 0.717) is 5.84 Å². The molecule has 0 spiro atoms. The lowest BCUT2D eigenvalue weighted by Gasteiger charge is -2.25. The van der Waals surface area contributed by atoms with E-state index in [4.69, 9.17) is 16.2 Å². The van der Waals surface area contributed by atoms with Gasteiger partial charge in [0, 0.05) is 23.0 Å². The molecule has 0 saturated heterocycles. The highest BCUT2D eigenvalue weighted by molar-refractivity contribution is 5.99. The first-order valence-corrected chi connectivity index (χ1v) is 10.0. The third kappa shape index (κ3) is 3.52. The molecule has 0 aromatic heterocycles. The minimum absolute atomic E-state index is 0.133. The molecule has 0 amide bonds. The van der Waals surface area contributed by atoms with E-state index < -0.39 is 6.17 Å². The van der Waals surface area contributed by atoms with Gasteiger partial charge >= 0.3 is 0 Å². The minimum atomic E-state index is -0.506. The molecule has 1 aliphatic heterocycles. The van der Waals surface area contributed by atoms with Crippen LogP contribution >= 0.6 is 0 Å². The molecular formula is C25H27N3O. The van der Waals surface area contributed by atoms with Crippen LogP contribution in [0.15, 0.2) is 107 Å². The first-order chi connectivity index (χ1) is 14.1. The summed E-state index contributed by atoms with van der Waals surface area (Å²) < 4.78 is 6.51. The lowest BCUT2D eigenvalue weighted by molar-refractivity contribution is 0.141. The van der Waals surface area contributed by atoms with Crippen LogP contribution in [0.1, 0.15) is 25.1 Å². The van der Waals surface area contributed by atoms with E-state index in [2.05, 4.69) is 35.9 Å². The van der Waals surface area contributed by atoms with Gasteiger partial charge < -0.3 is 16.2 Å². The maximum absolute atomic E-state index is 6.51. The summed E-state index contributed by atoms with van der Waals surface area (Å²) in [7, 11) is 0. The number of hydrogen-bond donors (Lipinski definition) is 2. The van der Waals surface area contributed by atoms with E-state index in [1.807, 2.05) is 55.5 Å². The predicted molar refractivity (Wildman–Crippen MR) is 119 cm³/mol. The van der Waals surface area contributed by atoms with Gasteiger partial charge in [0.05, 0.1) is 0 Å². The lowest BCUT2D eigenvalue weighted by atomic mass is 9.81. The average Bonchev–Trinajstić information content (AvgIpc) is 3.14. The second-order valence-corrected chi connectivity index (χ2v) is 7.44. The van der Waals surface area contributed by atoms with Gasteiger partial charge in [-0.2, -0.15) is 0 Å². The van der Waals surface area contributed by atoms with Crippen LogP contribution in [-0.2, 0) is 4.74 Å². The molecule has 1 heterocycles. The first kappa shape index (κ1) is 19.2. The van der Waals surface area contributed by atoms with Gasteiger partial charge in [0.25, 0.3) is 0 Å². The van der Waals surface area contributed by atoms with Crippen molar-refractivity contribution < 1.29 is 4.74 Å². The van der Waals surface area contributed by atoms with E-state index in [-0.39, 0.29) is 17.9 Å². The number of benzene rings is 1. The molecule has 0 radical (unpaired) electrons. The average molecular weight is 386 g/mol. The van der Waals surface area contributed by atoms with Crippen molar-refractivity contribution in [1.29, 1.82) is 0 Å². The number of rotatable bonds is 5. The Morgan fingerprint density at radius 3 is 2.83 bits per heavy atom. The highest BCUT2D eigenvalue weighted by Crippen LogP contribution is 2.46. The van der Waals surface area contributed by atoms with Gasteiger partial charge in [-0.3, -0.25) is 0 Å². The van der Waals surface area contributed by atoms with Crippen LogP contribution in [0.5, 0.6) is 0 Å². The van der Waals surface area contributed by atoms with Gasteiger partial charge in [-0.25, -0.2) is 4.99 Å². The Kier molecular flexibility index (Phi) is 5.36. The fourth-order valence-corrected chi connectivity index (χ4v) is 4.28. The summed E-state index contributed by atoms with van der Waals surface area (Å²) in [4.78, 5) is 4.56. The zero-order valence-electron chi connectivity index (χ0n) is 16.7. The third-order valence-electron chi connectivity index (χ3n) is 5.80. The molecule has 4 atom stereocenters. The van der Waals surface area contributed by atoms with Crippen LogP contribution in [-0.4, -0.2) is 11.9 Å². The second-order valence-electron chi connectivity index (χ2n) is 7.44. The Labute approximate surface area is 172 Å². The Hall–Kier alpha value is -3.11. The van der Waals surface area contributed by atoms with Gasteiger partial charge in [-0.05, 0) is 24.5 Å². The van der Waals surface area contributed by atoms with E-state index in [9.17, 15) is 0 Å². The summed E-state index contributed by atoms with van der Waals surface area (Å²) in [5, 5.41) is 0. The molecular weight excluding hydrogens is 358 g/mol. The van der Waals surface area contributed by atoms with Crippen molar-refractivity contribution in [3.05, 3.63) is 107 Å². The summed E-state index contributed by atoms with van der Waals surface area (Å²) in [5.41, 5.74) is 16.9. The monoisotopic (exact) mass is 385 g/mol. The van der Waals surface area contributed by atoms with Crippen molar-refractivity contribution >= 4 is 5.84 Å². The minimum Gasteiger partial charge on any atom is -0.488 e. The topological polar surface area (TPSA) is 73.6 Å². The summed E-state index contributed by atoms with van der Waals surface area (Å²) in [5.74, 6) is 1.78. The van der Waals surface area contributed by atoms with Crippen molar-refractivity contribution in [2.75, 3.05) is 0 Å². The van der Waals surface area contributed by atoms with Crippen LogP contribution in [0.4, 0.5) is 0 Å². The fraction of sp³-hybridized carbons (Fsp3) is 0.240. The first-order valence-electron chi connectivity index (χ1n) is 10.0. The second kappa shape index (κ2) is 8.10. The van der Waals surface area contributed by atoms with Crippen LogP contribution in [0.3, 0.4) is 0 Å². The number of nitrogens with two attached hydrogens (primary N) is 2. The molecule has 148 valence electrons. The number of allylic oxidation sites excluding steroid dienone is 7. The van der Waals surface area contributed by atoms with Crippen LogP contribution in [0, 0.1) is 11.8 Å². The molecule has 0 saturated carbocycles. The molecule has 4 rings (SSSR count). The Morgan fingerprint density at radius 1 is 1.31 bits per heavy atom. The zero-order valence-corrected chi connectivity index (χ0v) is 16.7. The number of amidine groups is 1. The Bertz CT molecular complexity index is 979. The standard InChI is InChI=1S/C25H27N3O/c1-3-16(4-2)18-12-8-13-19-20-14-9-15-21(23(20)29-22(18)19)25(27)28-24(26)17-10-6-5-7-11-17/h3-11,13-15,18,20,23-24H,1,12,26H2,2H3,(H2,27,28)/b16-4+/t18-,20?,23?,24?/m1/s1. The number of ether oxygens (including phenoxy) is 1. The van der Waals surface area contributed by atoms with Gasteiger partial charge in [-0.15, -0.1) is 0 Å². The molecule has 4 heteroatoms. The van der Waals surface area contributed by atoms with E-state index in [0.717, 1.165) is 23.3 Å². The maximum Gasteiger partial charge on any atom is 0.137 e. The van der Waals surface area contributed by atoms with Crippen molar-refractivity contribution in [3.63, 3.8) is 0 Å². The molecule has 3 unspecified atom stereocenters. The normalized spacial score (nSPS) is 27.1. The van der Waals surface area contributed by atoms with Crippen molar-refractivity contribution in [3.8, 4) is 0 Å². The highest BCUT2D eigenvalue weighted by atomic mass is 16.5. The van der Waals surface area contributed by atoms with Gasteiger partial charge in [0.1, 0.15) is 23.9 Å². The number of hydrogen-bond acceptors (Lipinski definition) is 3. The molecule has 2 aliphatic carbocycles. The molecule has 0 fully saturated rings. The summed E-state index contributed by atoms with van der Waals surface area (Å²) in [6.45, 7) is 6.01. The largest absolute Gasteiger partial charge is 0.488 e. The molecule has 3 aliphatic rings. The van der Waals surface area contributed by atoms with E-state index in [1.165, 1.54) is 11.1 Å². The predicted octanol–water partition coefficient (Wildman–Crippen LogP) is 4.47. The van der Waals surface area contributed by atoms with E-state index in [1.54, 1.807) is 0 Å². The Morgan fingerprint density at radius 2 is 2.10 bits per heavy atom. The summed E-state index contributed by atoms with van der Waals surface area (Å²) >= 11 is 0. The zero-order chi connectivity index (χ0) is 20.4. The van der Waals surface area contributed by atoms with E-state index >= 15 is 0 Å². The van der Waals surface area contributed by atoms with Crippen LogP contribution in [0.2, 0.25) is 0 Å². The Balaban J connectivity index is 1.61. The van der Waals surface area contributed by atoms with Gasteiger partial charge in [0.2, 0.25) is 0 Å². The smallest absolute Gasteiger partial charge is 0.137 e. The summed E-state index contributed by atoms with van der Waals surface area (Å²) in [6, 6.07) is 9.76. The van der Waals surface area contributed by atoms with Crippen molar-refractivity contribution in [1.82, 2.24) is 0 Å². The van der Waals surface area contributed by atoms with Crippen molar-refractivity contribution in [2.45, 2.75) is 25.6 Å². The number of fused-ring (bicyclic) bond motifs is 2. The molecule has 0 bridgehead atoms. The fourth-order valence-electron chi connectivity index (χ4n) is 4.28. The van der Waals surface area contributed by atoms with Crippen molar-refractivity contribution in [2.24, 2.45) is 28.3 Å². The van der Waals surface area contributed by atoms with Crippen LogP contribution in [0.25, 0.3) is 0 Å². The number of aliphatic imine (C=N–C) groups is 1. The van der Waals surface area contributed by atoms with Gasteiger partial charge in [-0.1, -0.05) is 79.4 Å². The number of nitrogens with zero attached hydrogens (tertiary/aromatic N) is 1. The van der Waals surface area contributed by atoms with Crippen LogP contribution < -0.4 is 11.5 Å². The lowest BCUT2D eigenvalue weighted by Crippen LogP contribution is -2.31. The molecule has 1 aromatic carbocycles. The highest BCUT2D eigenvalue weighted by Gasteiger charge is 2.42. The summed E-state index contributed by atoms with van der Waals surface area (Å²) in [6.07, 6.45) is 14.9. The molecule has 1 aromatic rings. The third-order valence-corrected chi connectivity index (χ3v) is 5.80. The maximum atomic E-state index is 6.51. The quantitative estimate of drug-likeness (QED) is 0.446.